The minimum Gasteiger partial charge on any atom is -0.504 e. The van der Waals surface area contributed by atoms with Crippen LogP contribution in [0.15, 0.2) is 30.6 Å². The molecule has 10 heteroatoms. The third-order valence-electron chi connectivity index (χ3n) is 6.99. The van der Waals surface area contributed by atoms with E-state index in [4.69, 9.17) is 4.74 Å². The number of nitrogens with zero attached hydrogens (tertiary/aromatic N) is 4. The maximum absolute atomic E-state index is 14.1. The van der Waals surface area contributed by atoms with Gasteiger partial charge in [-0.2, -0.15) is 0 Å². The third kappa shape index (κ3) is 6.25. The van der Waals surface area contributed by atoms with E-state index in [2.05, 4.69) is 20.2 Å². The molecule has 0 bridgehead atoms. The second kappa shape index (κ2) is 11.7. The molecule has 0 spiro atoms. The highest BCUT2D eigenvalue weighted by Crippen LogP contribution is 2.34. The number of phenols is 1. The van der Waals surface area contributed by atoms with Crippen LogP contribution in [0.4, 0.5) is 20.3 Å². The Hall–Kier alpha value is -3.53. The predicted octanol–water partition coefficient (Wildman–Crippen LogP) is 4.77. The van der Waals surface area contributed by atoms with Crippen LogP contribution in [0.5, 0.6) is 11.5 Å². The van der Waals surface area contributed by atoms with Crippen molar-refractivity contribution in [2.45, 2.75) is 45.1 Å². The number of halogens is 2. The number of carbonyl (C=O) groups excluding carboxylic acids is 1. The van der Waals surface area contributed by atoms with Gasteiger partial charge >= 0.3 is 0 Å². The molecule has 2 aliphatic rings. The van der Waals surface area contributed by atoms with Gasteiger partial charge in [0, 0.05) is 43.7 Å². The fraction of sp³-hybridized carbons (Fsp3) is 0.444. The number of anilines is 2. The largest absolute Gasteiger partial charge is 0.504 e. The van der Waals surface area contributed by atoms with Gasteiger partial charge < -0.3 is 20.1 Å². The first kappa shape index (κ1) is 26.5. The summed E-state index contributed by atoms with van der Waals surface area (Å²) >= 11 is 0. The van der Waals surface area contributed by atoms with Crippen LogP contribution >= 0.6 is 0 Å². The summed E-state index contributed by atoms with van der Waals surface area (Å²) in [6, 6.07) is 5.78. The number of aromatic hydroxyl groups is 1. The smallest absolute Gasteiger partial charge is 0.236 e. The van der Waals surface area contributed by atoms with E-state index in [0.29, 0.717) is 29.4 Å². The molecule has 2 heterocycles. The van der Waals surface area contributed by atoms with Crippen LogP contribution in [0.2, 0.25) is 0 Å². The van der Waals surface area contributed by atoms with Gasteiger partial charge in [0.2, 0.25) is 5.91 Å². The Balaban J connectivity index is 0.000000195. The lowest BCUT2D eigenvalue weighted by Crippen LogP contribution is -2.52. The highest BCUT2D eigenvalue weighted by Gasteiger charge is 2.27. The van der Waals surface area contributed by atoms with Gasteiger partial charge in [-0.15, -0.1) is 0 Å². The number of rotatable bonds is 4. The van der Waals surface area contributed by atoms with Crippen molar-refractivity contribution in [3.05, 3.63) is 47.8 Å². The average Bonchev–Trinajstić information content (AvgIpc) is 2.89. The molecule has 1 saturated carbocycles. The molecule has 5 rings (SSSR count). The van der Waals surface area contributed by atoms with Crippen molar-refractivity contribution in [3.63, 3.8) is 0 Å². The first-order valence-electron chi connectivity index (χ1n) is 12.5. The van der Waals surface area contributed by atoms with Crippen molar-refractivity contribution >= 4 is 28.3 Å². The Morgan fingerprint density at radius 3 is 2.54 bits per heavy atom. The summed E-state index contributed by atoms with van der Waals surface area (Å²) in [5, 5.41) is 13.1. The van der Waals surface area contributed by atoms with Crippen LogP contribution in [0.1, 0.15) is 37.7 Å². The zero-order valence-electron chi connectivity index (χ0n) is 21.4. The van der Waals surface area contributed by atoms with Crippen molar-refractivity contribution in [1.29, 1.82) is 0 Å². The quantitative estimate of drug-likeness (QED) is 0.520. The number of fused-ring (bicyclic) bond motifs is 1. The number of phenolic OH excluding ortho intramolecular Hbond substituents is 1. The molecule has 3 aromatic rings. The Bertz CT molecular complexity index is 1270. The van der Waals surface area contributed by atoms with Crippen molar-refractivity contribution < 1.29 is 23.4 Å². The van der Waals surface area contributed by atoms with Gasteiger partial charge in [-0.05, 0) is 37.5 Å². The molecule has 8 nitrogen and oxygen atoms in total. The topological polar surface area (TPSA) is 90.8 Å². The number of piperazine rings is 1. The second-order valence-corrected chi connectivity index (χ2v) is 9.55. The van der Waals surface area contributed by atoms with Crippen molar-refractivity contribution in [2.24, 2.45) is 0 Å². The fourth-order valence-electron chi connectivity index (χ4n) is 4.81. The number of hydrogen-bond donors (Lipinski definition) is 2. The van der Waals surface area contributed by atoms with Crippen LogP contribution in [0.25, 0.3) is 10.9 Å². The molecule has 0 unspecified atom stereocenters. The SMILES string of the molecule is CN1CCN(C2CCCCC2)CC1=O.COc1cc2ncnc(Nc3cc(F)cc(C)c3F)c2cc1O. The molecule has 0 atom stereocenters. The summed E-state index contributed by atoms with van der Waals surface area (Å²) in [5.74, 6) is -0.437. The third-order valence-corrected chi connectivity index (χ3v) is 6.99. The zero-order chi connectivity index (χ0) is 26.5. The summed E-state index contributed by atoms with van der Waals surface area (Å²) < 4.78 is 32.6. The number of methoxy groups -OCH3 is 1. The number of carbonyl (C=O) groups is 1. The minimum atomic E-state index is -0.573. The Morgan fingerprint density at radius 2 is 1.84 bits per heavy atom. The lowest BCUT2D eigenvalue weighted by Gasteiger charge is -2.39. The van der Waals surface area contributed by atoms with Crippen LogP contribution in [0.3, 0.4) is 0 Å². The van der Waals surface area contributed by atoms with Crippen LogP contribution in [-0.4, -0.2) is 70.6 Å². The van der Waals surface area contributed by atoms with Gasteiger partial charge in [0.25, 0.3) is 0 Å². The average molecular weight is 514 g/mol. The molecule has 2 fully saturated rings. The number of benzene rings is 2. The number of aryl methyl sites for hydroxylation is 1. The van der Waals surface area contributed by atoms with E-state index in [9.17, 15) is 18.7 Å². The number of amides is 1. The number of ether oxygens (including phenoxy) is 1. The molecule has 2 aromatic carbocycles. The number of nitrogens with one attached hydrogen (secondary N) is 1. The second-order valence-electron chi connectivity index (χ2n) is 9.55. The van der Waals surface area contributed by atoms with Gasteiger partial charge in [0.15, 0.2) is 11.5 Å². The summed E-state index contributed by atoms with van der Waals surface area (Å²) in [6.07, 6.45) is 7.98. The lowest BCUT2D eigenvalue weighted by atomic mass is 9.94. The fourth-order valence-corrected chi connectivity index (χ4v) is 4.81. The lowest BCUT2D eigenvalue weighted by molar-refractivity contribution is -0.135. The van der Waals surface area contributed by atoms with E-state index in [1.54, 1.807) is 0 Å². The van der Waals surface area contributed by atoms with Crippen molar-refractivity contribution in [2.75, 3.05) is 39.1 Å². The molecule has 198 valence electrons. The Morgan fingerprint density at radius 1 is 1.08 bits per heavy atom. The van der Waals surface area contributed by atoms with E-state index in [0.717, 1.165) is 25.2 Å². The Kier molecular flexibility index (Phi) is 8.38. The molecule has 37 heavy (non-hydrogen) atoms. The molecule has 1 amide bonds. The van der Waals surface area contributed by atoms with Crippen molar-refractivity contribution in [1.82, 2.24) is 19.8 Å². The van der Waals surface area contributed by atoms with Crippen LogP contribution < -0.4 is 10.1 Å². The van der Waals surface area contributed by atoms with Crippen LogP contribution in [0, 0.1) is 18.6 Å². The molecule has 1 saturated heterocycles. The molecule has 1 aromatic heterocycles. The first-order chi connectivity index (χ1) is 17.8. The standard InChI is InChI=1S/C16H13F2N3O2.C11H20N2O/c1-8-3-9(17)4-12(15(8)18)21-16-10-5-13(22)14(23-2)6-11(10)19-7-20-16;1-12-7-8-13(9-11(12)14)10-5-3-2-4-6-10/h3-7,22H,1-2H3,(H,19,20,21);10H,2-9H2,1H3. The minimum absolute atomic E-state index is 0.0437. The summed E-state index contributed by atoms with van der Waals surface area (Å²) in [5.41, 5.74) is 0.624. The molecular weight excluding hydrogens is 480 g/mol. The van der Waals surface area contributed by atoms with Gasteiger partial charge in [-0.25, -0.2) is 18.7 Å². The predicted molar refractivity (Wildman–Crippen MR) is 138 cm³/mol. The summed E-state index contributed by atoms with van der Waals surface area (Å²) in [7, 11) is 3.33. The molecule has 0 radical (unpaired) electrons. The highest BCUT2D eigenvalue weighted by molar-refractivity contribution is 5.93. The number of aromatic nitrogens is 2. The van der Waals surface area contributed by atoms with Gasteiger partial charge in [0.1, 0.15) is 23.8 Å². The normalized spacial score (nSPS) is 16.9. The number of hydrogen-bond acceptors (Lipinski definition) is 7. The number of likely N-dealkylation sites (N-methyl/N-ethyl adjacent to an activating group) is 1. The highest BCUT2D eigenvalue weighted by atomic mass is 19.1. The van der Waals surface area contributed by atoms with E-state index >= 15 is 0 Å². The molecule has 1 aliphatic carbocycles. The van der Waals surface area contributed by atoms with E-state index in [1.165, 1.54) is 64.6 Å². The monoisotopic (exact) mass is 513 g/mol. The molecular formula is C27H33F2N5O3. The van der Waals surface area contributed by atoms with Gasteiger partial charge in [-0.3, -0.25) is 9.69 Å². The van der Waals surface area contributed by atoms with E-state index < -0.39 is 11.6 Å². The van der Waals surface area contributed by atoms with Crippen LogP contribution in [-0.2, 0) is 4.79 Å². The van der Waals surface area contributed by atoms with E-state index in [-0.39, 0.29) is 28.6 Å². The maximum atomic E-state index is 14.1. The van der Waals surface area contributed by atoms with Crippen molar-refractivity contribution in [3.8, 4) is 11.5 Å². The maximum Gasteiger partial charge on any atom is 0.236 e. The first-order valence-corrected chi connectivity index (χ1v) is 12.5. The summed E-state index contributed by atoms with van der Waals surface area (Å²) in [4.78, 5) is 23.9. The van der Waals surface area contributed by atoms with E-state index in [1.807, 2.05) is 11.9 Å². The Labute approximate surface area is 215 Å². The molecule has 1 aliphatic heterocycles. The van der Waals surface area contributed by atoms with Gasteiger partial charge in [-0.1, -0.05) is 19.3 Å². The van der Waals surface area contributed by atoms with Gasteiger partial charge in [0.05, 0.1) is 24.9 Å². The molecule has 2 N–H and O–H groups in total. The summed E-state index contributed by atoms with van der Waals surface area (Å²) in [6.45, 7) is 4.11. The zero-order valence-corrected chi connectivity index (χ0v) is 21.4.